The fourth-order valence-corrected chi connectivity index (χ4v) is 0.978. The van der Waals surface area contributed by atoms with E-state index in [0.29, 0.717) is 0 Å². The highest BCUT2D eigenvalue weighted by molar-refractivity contribution is 7.94. The van der Waals surface area contributed by atoms with Crippen LogP contribution in [0.5, 0.6) is 0 Å². The van der Waals surface area contributed by atoms with Gasteiger partial charge >= 0.3 is 20.8 Å². The highest BCUT2D eigenvalue weighted by Crippen LogP contribution is 1.91. The number of hydrogen-bond acceptors (Lipinski definition) is 7. The van der Waals surface area contributed by atoms with Gasteiger partial charge in [-0.3, -0.25) is 9.11 Å². The molecular formula is C3H12N2O7S2. The van der Waals surface area contributed by atoms with Gasteiger partial charge in [0.05, 0.1) is 6.17 Å². The normalized spacial score (nSPS) is 12.1. The molecule has 0 bridgehead atoms. The maximum absolute atomic E-state index is 9.44. The first-order valence-electron chi connectivity index (χ1n) is 3.15. The van der Waals surface area contributed by atoms with E-state index in [1.807, 2.05) is 6.92 Å². The lowest BCUT2D eigenvalue weighted by Gasteiger charge is -1.92. The zero-order valence-electron chi connectivity index (χ0n) is 7.19. The predicted molar refractivity (Wildman–Crippen MR) is 46.6 cm³/mol. The first-order chi connectivity index (χ1) is 5.98. The summed E-state index contributed by atoms with van der Waals surface area (Å²) >= 11 is 0. The molecule has 9 nitrogen and oxygen atoms in total. The standard InChI is InChI=1S/C3H10N2.H2O7S2/c1-2-3(4)5;1-8(2,3)7-9(4,5)6/h3H,2,4-5H2,1H3;(H,1,2,3)(H,4,5,6). The first kappa shape index (κ1) is 16.1. The topological polar surface area (TPSA) is 170 Å². The average Bonchev–Trinajstić information content (AvgIpc) is 1.80. The fourth-order valence-electron chi connectivity index (χ4n) is 0.109. The van der Waals surface area contributed by atoms with Crippen molar-refractivity contribution in [2.24, 2.45) is 11.5 Å². The summed E-state index contributed by atoms with van der Waals surface area (Å²) in [6.07, 6.45) is 0.745. The van der Waals surface area contributed by atoms with E-state index in [0.717, 1.165) is 6.42 Å². The summed E-state index contributed by atoms with van der Waals surface area (Å²) in [4.78, 5) is 0. The fraction of sp³-hybridized carbons (Fsp3) is 1.00. The van der Waals surface area contributed by atoms with Crippen LogP contribution in [0.1, 0.15) is 13.3 Å². The molecule has 6 N–H and O–H groups in total. The second kappa shape index (κ2) is 6.23. The third-order valence-corrected chi connectivity index (χ3v) is 2.02. The minimum Gasteiger partial charge on any atom is -0.316 e. The van der Waals surface area contributed by atoms with Crippen molar-refractivity contribution in [3.63, 3.8) is 0 Å². The Morgan fingerprint density at radius 3 is 1.36 bits per heavy atom. The molecule has 0 aromatic carbocycles. The molecule has 0 spiro atoms. The summed E-state index contributed by atoms with van der Waals surface area (Å²) in [6, 6.07) is 0. The van der Waals surface area contributed by atoms with E-state index in [4.69, 9.17) is 20.6 Å². The van der Waals surface area contributed by atoms with Gasteiger partial charge in [0.2, 0.25) is 0 Å². The van der Waals surface area contributed by atoms with E-state index in [1.54, 1.807) is 0 Å². The van der Waals surface area contributed by atoms with Crippen LogP contribution in [-0.4, -0.2) is 32.1 Å². The van der Waals surface area contributed by atoms with Gasteiger partial charge < -0.3 is 11.5 Å². The molecule has 0 aliphatic rings. The van der Waals surface area contributed by atoms with Gasteiger partial charge in [-0.05, 0) is 6.42 Å². The smallest absolute Gasteiger partial charge is 0.316 e. The van der Waals surface area contributed by atoms with Crippen LogP contribution in [0.3, 0.4) is 0 Å². The van der Waals surface area contributed by atoms with Crippen LogP contribution in [0.15, 0.2) is 0 Å². The van der Waals surface area contributed by atoms with Crippen molar-refractivity contribution >= 4 is 20.8 Å². The van der Waals surface area contributed by atoms with E-state index in [1.165, 1.54) is 0 Å². The lowest BCUT2D eigenvalue weighted by atomic mass is 10.4. The third-order valence-electron chi connectivity index (χ3n) is 0.643. The van der Waals surface area contributed by atoms with Gasteiger partial charge in [-0.1, -0.05) is 6.92 Å². The average molecular weight is 252 g/mol. The Balaban J connectivity index is 0. The van der Waals surface area contributed by atoms with Crippen LogP contribution in [-0.2, 0) is 24.4 Å². The van der Waals surface area contributed by atoms with Gasteiger partial charge in [-0.2, -0.15) is 16.8 Å². The number of hydrogen-bond donors (Lipinski definition) is 4. The molecule has 0 saturated carbocycles. The van der Waals surface area contributed by atoms with E-state index in [9.17, 15) is 16.8 Å². The van der Waals surface area contributed by atoms with Crippen molar-refractivity contribution in [2.45, 2.75) is 19.5 Å². The van der Waals surface area contributed by atoms with Crippen LogP contribution in [0.4, 0.5) is 0 Å². The zero-order chi connectivity index (χ0) is 12.0. The minimum atomic E-state index is -5.12. The second-order valence-electron chi connectivity index (χ2n) is 2.00. The molecule has 0 aliphatic heterocycles. The SMILES string of the molecule is CCC(N)N.O=S(=O)(O)OS(=O)(=O)O. The lowest BCUT2D eigenvalue weighted by Crippen LogP contribution is -2.28. The molecule has 0 radical (unpaired) electrons. The summed E-state index contributed by atoms with van der Waals surface area (Å²) in [5, 5.41) is 0. The highest BCUT2D eigenvalue weighted by Gasteiger charge is 2.15. The minimum absolute atomic E-state index is 0.116. The molecule has 0 aliphatic carbocycles. The molecule has 11 heteroatoms. The quantitative estimate of drug-likeness (QED) is 0.335. The van der Waals surface area contributed by atoms with E-state index in [-0.39, 0.29) is 6.17 Å². The molecule has 0 saturated heterocycles. The Morgan fingerprint density at radius 2 is 1.36 bits per heavy atom. The maximum Gasteiger partial charge on any atom is 0.413 e. The summed E-state index contributed by atoms with van der Waals surface area (Å²) in [5.74, 6) is 0. The van der Waals surface area contributed by atoms with Crippen molar-refractivity contribution in [1.29, 1.82) is 0 Å². The largest absolute Gasteiger partial charge is 0.413 e. The maximum atomic E-state index is 9.44. The van der Waals surface area contributed by atoms with Crippen molar-refractivity contribution in [3.8, 4) is 0 Å². The Kier molecular flexibility index (Phi) is 7.19. The van der Waals surface area contributed by atoms with Crippen molar-refractivity contribution in [1.82, 2.24) is 0 Å². The molecule has 0 fully saturated rings. The Bertz CT molecular complexity index is 300. The summed E-state index contributed by atoms with van der Waals surface area (Å²) in [5.41, 5.74) is 10.1. The molecule has 0 unspecified atom stereocenters. The van der Waals surface area contributed by atoms with Gasteiger partial charge in [0.15, 0.2) is 0 Å². The molecule has 0 aromatic rings. The van der Waals surface area contributed by atoms with E-state index in [2.05, 4.69) is 3.63 Å². The molecule has 88 valence electrons. The van der Waals surface area contributed by atoms with Crippen molar-refractivity contribution in [3.05, 3.63) is 0 Å². The van der Waals surface area contributed by atoms with Gasteiger partial charge in [-0.25, -0.2) is 0 Å². The van der Waals surface area contributed by atoms with Crippen LogP contribution in [0, 0.1) is 0 Å². The Labute approximate surface area is 81.9 Å². The monoisotopic (exact) mass is 252 g/mol. The van der Waals surface area contributed by atoms with E-state index >= 15 is 0 Å². The van der Waals surface area contributed by atoms with Gasteiger partial charge in [0.25, 0.3) is 0 Å². The molecule has 14 heavy (non-hydrogen) atoms. The predicted octanol–water partition coefficient (Wildman–Crippen LogP) is -1.75. The third kappa shape index (κ3) is 22.6. The summed E-state index contributed by atoms with van der Waals surface area (Å²) in [6.45, 7) is 1.95. The molecule has 0 amide bonds. The van der Waals surface area contributed by atoms with Gasteiger partial charge in [0.1, 0.15) is 0 Å². The Hall–Kier alpha value is -0.300. The summed E-state index contributed by atoms with van der Waals surface area (Å²) < 4.78 is 55.6. The molecular weight excluding hydrogens is 240 g/mol. The zero-order valence-corrected chi connectivity index (χ0v) is 8.82. The van der Waals surface area contributed by atoms with Crippen LogP contribution in [0.25, 0.3) is 0 Å². The first-order valence-corrected chi connectivity index (χ1v) is 5.88. The van der Waals surface area contributed by atoms with Gasteiger partial charge in [0, 0.05) is 0 Å². The molecule has 0 aromatic heterocycles. The molecule has 0 rings (SSSR count). The van der Waals surface area contributed by atoms with Crippen molar-refractivity contribution < 1.29 is 29.6 Å². The van der Waals surface area contributed by atoms with Crippen LogP contribution in [0.2, 0.25) is 0 Å². The lowest BCUT2D eigenvalue weighted by molar-refractivity contribution is 0.344. The summed E-state index contributed by atoms with van der Waals surface area (Å²) in [7, 11) is -10.2. The molecule has 0 heterocycles. The number of rotatable bonds is 3. The van der Waals surface area contributed by atoms with Crippen LogP contribution < -0.4 is 11.5 Å². The second-order valence-corrected chi connectivity index (χ2v) is 4.25. The Morgan fingerprint density at radius 1 is 1.14 bits per heavy atom. The van der Waals surface area contributed by atoms with Crippen LogP contribution >= 0.6 is 0 Å². The molecule has 0 atom stereocenters. The van der Waals surface area contributed by atoms with E-state index < -0.39 is 20.8 Å². The van der Waals surface area contributed by atoms with Gasteiger partial charge in [-0.15, -0.1) is 3.63 Å². The van der Waals surface area contributed by atoms with Crippen molar-refractivity contribution in [2.75, 3.05) is 0 Å². The number of nitrogens with two attached hydrogens (primary N) is 2. The highest BCUT2D eigenvalue weighted by atomic mass is 32.3.